The average Bonchev–Trinajstić information content (AvgIpc) is 2.95. The highest BCUT2D eigenvalue weighted by Gasteiger charge is 2.30. The van der Waals surface area contributed by atoms with E-state index in [9.17, 15) is 9.59 Å². The van der Waals surface area contributed by atoms with Gasteiger partial charge in [0, 0.05) is 34.8 Å². The summed E-state index contributed by atoms with van der Waals surface area (Å²) < 4.78 is 10.4. The van der Waals surface area contributed by atoms with E-state index >= 15 is 0 Å². The second-order valence-corrected chi connectivity index (χ2v) is 6.22. The average molecular weight is 362 g/mol. The zero-order chi connectivity index (χ0) is 19.0. The number of nitrogens with zero attached hydrogens (tertiary/aromatic N) is 1. The minimum Gasteiger partial charge on any atom is -0.497 e. The summed E-state index contributed by atoms with van der Waals surface area (Å²) in [5.74, 6) is 0.668. The van der Waals surface area contributed by atoms with Crippen molar-refractivity contribution in [3.8, 4) is 11.5 Å². The first kappa shape index (κ1) is 16.9. The molecule has 0 bridgehead atoms. The van der Waals surface area contributed by atoms with E-state index in [0.717, 1.165) is 16.5 Å². The highest BCUT2D eigenvalue weighted by Crippen LogP contribution is 2.37. The molecule has 1 heterocycles. The first-order chi connectivity index (χ1) is 13.1. The Kier molecular flexibility index (Phi) is 4.16. The molecule has 0 radical (unpaired) electrons. The monoisotopic (exact) mass is 362 g/mol. The summed E-state index contributed by atoms with van der Waals surface area (Å²) in [6.45, 7) is -0.0772. The molecule has 0 saturated carbocycles. The van der Waals surface area contributed by atoms with Gasteiger partial charge in [-0.3, -0.25) is 14.5 Å². The normalized spacial score (nSPS) is 12.4. The lowest BCUT2D eigenvalue weighted by atomic mass is 10.1. The molecular formula is C21H18N2O4. The molecule has 1 N–H and O–H groups in total. The Morgan fingerprint density at radius 3 is 2.33 bits per heavy atom. The Labute approximate surface area is 156 Å². The Balaban J connectivity index is 1.58. The van der Waals surface area contributed by atoms with Crippen LogP contribution >= 0.6 is 0 Å². The predicted molar refractivity (Wildman–Crippen MR) is 104 cm³/mol. The van der Waals surface area contributed by atoms with Gasteiger partial charge < -0.3 is 14.8 Å². The number of ether oxygens (including phenoxy) is 2. The van der Waals surface area contributed by atoms with Crippen LogP contribution < -0.4 is 19.7 Å². The highest BCUT2D eigenvalue weighted by molar-refractivity contribution is 6.26. The zero-order valence-corrected chi connectivity index (χ0v) is 15.0. The number of nitrogens with one attached hydrogen (secondary N) is 1. The van der Waals surface area contributed by atoms with Gasteiger partial charge in [-0.25, -0.2) is 0 Å². The van der Waals surface area contributed by atoms with Crippen molar-refractivity contribution in [3.05, 3.63) is 60.2 Å². The van der Waals surface area contributed by atoms with Crippen molar-refractivity contribution in [1.29, 1.82) is 0 Å². The molecule has 27 heavy (non-hydrogen) atoms. The van der Waals surface area contributed by atoms with Gasteiger partial charge in [-0.05, 0) is 17.5 Å². The molecule has 3 aromatic rings. The van der Waals surface area contributed by atoms with Crippen LogP contribution in [0.1, 0.15) is 10.4 Å². The van der Waals surface area contributed by atoms with Gasteiger partial charge >= 0.3 is 0 Å². The van der Waals surface area contributed by atoms with E-state index in [1.165, 1.54) is 4.90 Å². The number of anilines is 2. The van der Waals surface area contributed by atoms with Crippen molar-refractivity contribution in [1.82, 2.24) is 0 Å². The van der Waals surface area contributed by atoms with E-state index < -0.39 is 0 Å². The summed E-state index contributed by atoms with van der Waals surface area (Å²) >= 11 is 0. The molecular weight excluding hydrogens is 344 g/mol. The van der Waals surface area contributed by atoms with Gasteiger partial charge in [0.15, 0.2) is 0 Å². The SMILES string of the molecule is COc1cc(NC(=O)CN2C(=O)c3cccc4cccc2c34)cc(OC)c1. The topological polar surface area (TPSA) is 67.9 Å². The molecule has 1 aliphatic rings. The number of benzene rings is 3. The van der Waals surface area contributed by atoms with Crippen LogP contribution in [0, 0.1) is 0 Å². The molecule has 4 rings (SSSR count). The Bertz CT molecular complexity index is 1030. The van der Waals surface area contributed by atoms with E-state index in [0.29, 0.717) is 22.7 Å². The van der Waals surface area contributed by atoms with Crippen LogP contribution in [0.25, 0.3) is 10.8 Å². The number of hydrogen-bond donors (Lipinski definition) is 1. The molecule has 6 nitrogen and oxygen atoms in total. The number of methoxy groups -OCH3 is 2. The van der Waals surface area contributed by atoms with E-state index in [4.69, 9.17) is 9.47 Å². The fraction of sp³-hybridized carbons (Fsp3) is 0.143. The first-order valence-corrected chi connectivity index (χ1v) is 8.47. The molecule has 0 aliphatic carbocycles. The number of rotatable bonds is 5. The summed E-state index contributed by atoms with van der Waals surface area (Å²) in [5.41, 5.74) is 1.92. The third-order valence-corrected chi connectivity index (χ3v) is 4.59. The van der Waals surface area contributed by atoms with Crippen LogP contribution in [-0.4, -0.2) is 32.6 Å². The molecule has 0 unspecified atom stereocenters. The lowest BCUT2D eigenvalue weighted by Crippen LogP contribution is -2.35. The van der Waals surface area contributed by atoms with Gasteiger partial charge in [-0.2, -0.15) is 0 Å². The van der Waals surface area contributed by atoms with E-state index in [-0.39, 0.29) is 18.4 Å². The molecule has 3 aromatic carbocycles. The van der Waals surface area contributed by atoms with Gasteiger partial charge in [-0.1, -0.05) is 24.3 Å². The smallest absolute Gasteiger partial charge is 0.259 e. The van der Waals surface area contributed by atoms with E-state index in [2.05, 4.69) is 5.32 Å². The molecule has 0 spiro atoms. The second kappa shape index (κ2) is 6.64. The highest BCUT2D eigenvalue weighted by atomic mass is 16.5. The summed E-state index contributed by atoms with van der Waals surface area (Å²) in [7, 11) is 3.09. The second-order valence-electron chi connectivity index (χ2n) is 6.22. The maximum Gasteiger partial charge on any atom is 0.259 e. The minimum atomic E-state index is -0.302. The maximum atomic E-state index is 12.8. The van der Waals surface area contributed by atoms with Crippen molar-refractivity contribution < 1.29 is 19.1 Å². The maximum absolute atomic E-state index is 12.8. The standard InChI is InChI=1S/C21H18N2O4/c1-26-15-9-14(10-16(11-15)27-2)22-19(24)12-23-18-8-4-6-13-5-3-7-17(20(13)18)21(23)25/h3-11H,12H2,1-2H3,(H,22,24). The summed E-state index contributed by atoms with van der Waals surface area (Å²) in [6.07, 6.45) is 0. The molecule has 0 fully saturated rings. The van der Waals surface area contributed by atoms with Crippen LogP contribution in [0.4, 0.5) is 11.4 Å². The molecule has 6 heteroatoms. The number of carbonyl (C=O) groups is 2. The van der Waals surface area contributed by atoms with E-state index in [1.54, 1.807) is 38.5 Å². The molecule has 0 aromatic heterocycles. The lowest BCUT2D eigenvalue weighted by Gasteiger charge is -2.17. The van der Waals surface area contributed by atoms with Crippen LogP contribution in [0.5, 0.6) is 11.5 Å². The zero-order valence-electron chi connectivity index (χ0n) is 15.0. The largest absolute Gasteiger partial charge is 0.497 e. The van der Waals surface area contributed by atoms with Crippen molar-refractivity contribution >= 4 is 34.0 Å². The number of hydrogen-bond acceptors (Lipinski definition) is 4. The molecule has 0 atom stereocenters. The van der Waals surface area contributed by atoms with Crippen molar-refractivity contribution in [3.63, 3.8) is 0 Å². The quantitative estimate of drug-likeness (QED) is 0.755. The molecule has 136 valence electrons. The van der Waals surface area contributed by atoms with Crippen molar-refractivity contribution in [2.24, 2.45) is 0 Å². The lowest BCUT2D eigenvalue weighted by molar-refractivity contribution is -0.114. The van der Waals surface area contributed by atoms with Gasteiger partial charge in [-0.15, -0.1) is 0 Å². The van der Waals surface area contributed by atoms with Crippen molar-refractivity contribution in [2.75, 3.05) is 31.0 Å². The third kappa shape index (κ3) is 2.95. The van der Waals surface area contributed by atoms with Gasteiger partial charge in [0.25, 0.3) is 5.91 Å². The van der Waals surface area contributed by atoms with E-state index in [1.807, 2.05) is 30.3 Å². The van der Waals surface area contributed by atoms with Gasteiger partial charge in [0.2, 0.25) is 5.91 Å². The van der Waals surface area contributed by atoms with Crippen LogP contribution in [0.2, 0.25) is 0 Å². The minimum absolute atomic E-state index is 0.0772. The Morgan fingerprint density at radius 2 is 1.67 bits per heavy atom. The summed E-state index contributed by atoms with van der Waals surface area (Å²) in [6, 6.07) is 16.4. The molecule has 1 aliphatic heterocycles. The third-order valence-electron chi connectivity index (χ3n) is 4.59. The van der Waals surface area contributed by atoms with Crippen LogP contribution in [0.15, 0.2) is 54.6 Å². The van der Waals surface area contributed by atoms with Gasteiger partial charge in [0.1, 0.15) is 18.0 Å². The van der Waals surface area contributed by atoms with Gasteiger partial charge in [0.05, 0.1) is 19.9 Å². The Morgan fingerprint density at radius 1 is 1.00 bits per heavy atom. The Hall–Kier alpha value is -3.54. The van der Waals surface area contributed by atoms with Crippen molar-refractivity contribution in [2.45, 2.75) is 0 Å². The fourth-order valence-corrected chi connectivity index (χ4v) is 3.36. The molecule has 2 amide bonds. The summed E-state index contributed by atoms with van der Waals surface area (Å²) in [4.78, 5) is 26.9. The predicted octanol–water partition coefficient (Wildman–Crippen LogP) is 3.46. The van der Waals surface area contributed by atoms with Crippen LogP contribution in [-0.2, 0) is 4.79 Å². The number of carbonyl (C=O) groups excluding carboxylic acids is 2. The summed E-state index contributed by atoms with van der Waals surface area (Å²) in [5, 5.41) is 4.68. The number of amides is 2. The molecule has 0 saturated heterocycles. The van der Waals surface area contributed by atoms with Crippen LogP contribution in [0.3, 0.4) is 0 Å². The first-order valence-electron chi connectivity index (χ1n) is 8.47. The fourth-order valence-electron chi connectivity index (χ4n) is 3.36.